The van der Waals surface area contributed by atoms with Crippen LogP contribution in [0, 0.1) is 0 Å². The van der Waals surface area contributed by atoms with Crippen LogP contribution >= 0.6 is 12.4 Å². The van der Waals surface area contributed by atoms with Gasteiger partial charge in [0.15, 0.2) is 5.78 Å². The van der Waals surface area contributed by atoms with Gasteiger partial charge in [-0.3, -0.25) is 9.59 Å². The Hall–Kier alpha value is -2.17. The highest BCUT2D eigenvalue weighted by molar-refractivity contribution is 6.09. The van der Waals surface area contributed by atoms with Gasteiger partial charge in [-0.15, -0.1) is 12.4 Å². The highest BCUT2D eigenvalue weighted by Crippen LogP contribution is 2.21. The molecule has 28 heavy (non-hydrogen) atoms. The minimum absolute atomic E-state index is 0. The fourth-order valence-electron chi connectivity index (χ4n) is 3.78. The predicted molar refractivity (Wildman–Crippen MR) is 115 cm³/mol. The molecule has 1 heterocycles. The normalized spacial score (nSPS) is 16.1. The highest BCUT2D eigenvalue weighted by Gasteiger charge is 2.21. The first-order chi connectivity index (χ1) is 13.0. The molecule has 4 nitrogen and oxygen atoms in total. The van der Waals surface area contributed by atoms with Crippen LogP contribution in [0.2, 0.25) is 0 Å². The van der Waals surface area contributed by atoms with Crippen LogP contribution in [0.4, 0.5) is 0 Å². The smallest absolute Gasteiger partial charge is 0.217 e. The number of carbonyl (C=O) groups is 2. The van der Waals surface area contributed by atoms with Crippen LogP contribution in [-0.2, 0) is 4.79 Å². The van der Waals surface area contributed by atoms with E-state index >= 15 is 0 Å². The van der Waals surface area contributed by atoms with Crippen molar-refractivity contribution in [3.05, 3.63) is 71.3 Å². The summed E-state index contributed by atoms with van der Waals surface area (Å²) in [5.41, 5.74) is 2.66. The van der Waals surface area contributed by atoms with Crippen molar-refractivity contribution in [2.75, 3.05) is 19.6 Å². The van der Waals surface area contributed by atoms with E-state index in [-0.39, 0.29) is 24.1 Å². The number of hydrogen-bond donors (Lipinski definition) is 1. The number of rotatable bonds is 6. The molecule has 2 aromatic rings. The van der Waals surface area contributed by atoms with Crippen LogP contribution in [0.3, 0.4) is 0 Å². The fourth-order valence-corrected chi connectivity index (χ4v) is 3.78. The molecule has 1 N–H and O–H groups in total. The molecular weight excluding hydrogens is 372 g/mol. The maximum Gasteiger partial charge on any atom is 0.217 e. The molecule has 2 aromatic carbocycles. The molecule has 1 aliphatic heterocycles. The number of carbonyl (C=O) groups excluding carboxylic acids is 2. The summed E-state index contributed by atoms with van der Waals surface area (Å²) in [5, 5.41) is 3.02. The van der Waals surface area contributed by atoms with E-state index in [2.05, 4.69) is 23.2 Å². The molecule has 1 atom stereocenters. The monoisotopic (exact) mass is 400 g/mol. The lowest BCUT2D eigenvalue weighted by Gasteiger charge is -2.33. The van der Waals surface area contributed by atoms with E-state index in [0.717, 1.165) is 43.6 Å². The van der Waals surface area contributed by atoms with Gasteiger partial charge in [-0.25, -0.2) is 0 Å². The molecule has 1 unspecified atom stereocenters. The summed E-state index contributed by atoms with van der Waals surface area (Å²) in [7, 11) is 0. The number of nitrogens with zero attached hydrogens (tertiary/aromatic N) is 1. The van der Waals surface area contributed by atoms with E-state index in [4.69, 9.17) is 0 Å². The molecule has 1 aliphatic rings. The quantitative estimate of drug-likeness (QED) is 0.744. The van der Waals surface area contributed by atoms with Crippen molar-refractivity contribution in [2.24, 2.45) is 0 Å². The molecule has 5 heteroatoms. The Morgan fingerprint density at radius 3 is 2.32 bits per heavy atom. The third-order valence-corrected chi connectivity index (χ3v) is 5.28. The van der Waals surface area contributed by atoms with Crippen LogP contribution in [0.25, 0.3) is 0 Å². The fraction of sp³-hybridized carbons (Fsp3) is 0.391. The molecule has 0 saturated carbocycles. The van der Waals surface area contributed by atoms with Crippen molar-refractivity contribution in [3.63, 3.8) is 0 Å². The zero-order chi connectivity index (χ0) is 19.2. The van der Waals surface area contributed by atoms with Gasteiger partial charge in [0, 0.05) is 43.7 Å². The number of nitrogens with one attached hydrogen (secondary N) is 1. The van der Waals surface area contributed by atoms with Gasteiger partial charge in [0.2, 0.25) is 5.91 Å². The Morgan fingerprint density at radius 1 is 1.04 bits per heavy atom. The van der Waals surface area contributed by atoms with Crippen LogP contribution in [0.5, 0.6) is 0 Å². The summed E-state index contributed by atoms with van der Waals surface area (Å²) in [5.74, 6) is 0.480. The summed E-state index contributed by atoms with van der Waals surface area (Å²) < 4.78 is 0. The number of benzene rings is 2. The first-order valence-electron chi connectivity index (χ1n) is 9.72. The van der Waals surface area contributed by atoms with E-state index in [1.807, 2.05) is 48.5 Å². The standard InChI is InChI=1S/C23H28N2O2.ClH/c1-17(16-25-13-11-22(12-14-25)24-18(2)26)20-9-6-10-21(15-20)23(27)19-7-4-3-5-8-19;/h3-10,15,17,22H,11-14,16H2,1-2H3,(H,24,26);1H. The van der Waals surface area contributed by atoms with Gasteiger partial charge in [-0.05, 0) is 30.4 Å². The topological polar surface area (TPSA) is 49.4 Å². The lowest BCUT2D eigenvalue weighted by molar-refractivity contribution is -0.119. The average Bonchev–Trinajstić information content (AvgIpc) is 2.69. The van der Waals surface area contributed by atoms with E-state index in [1.54, 1.807) is 6.92 Å². The summed E-state index contributed by atoms with van der Waals surface area (Å²) in [6.07, 6.45) is 2.00. The molecule has 0 aliphatic carbocycles. The molecule has 1 fully saturated rings. The Labute approximate surface area is 173 Å². The average molecular weight is 401 g/mol. The van der Waals surface area contributed by atoms with Crippen LogP contribution < -0.4 is 5.32 Å². The molecule has 1 amide bonds. The molecule has 0 spiro atoms. The zero-order valence-electron chi connectivity index (χ0n) is 16.6. The van der Waals surface area contributed by atoms with Crippen LogP contribution in [0.1, 0.15) is 54.1 Å². The molecule has 3 rings (SSSR count). The number of halogens is 1. The summed E-state index contributed by atoms with van der Waals surface area (Å²) >= 11 is 0. The largest absolute Gasteiger partial charge is 0.354 e. The maximum atomic E-state index is 12.7. The minimum atomic E-state index is 0. The molecule has 1 saturated heterocycles. The second kappa shape index (κ2) is 10.4. The van der Waals surface area contributed by atoms with Crippen LogP contribution in [0.15, 0.2) is 54.6 Å². The van der Waals surface area contributed by atoms with E-state index in [0.29, 0.717) is 12.0 Å². The van der Waals surface area contributed by atoms with Gasteiger partial charge < -0.3 is 10.2 Å². The van der Waals surface area contributed by atoms with E-state index in [1.165, 1.54) is 5.56 Å². The van der Waals surface area contributed by atoms with Crippen molar-refractivity contribution in [1.82, 2.24) is 10.2 Å². The third-order valence-electron chi connectivity index (χ3n) is 5.28. The molecule has 150 valence electrons. The van der Waals surface area contributed by atoms with Gasteiger partial charge in [0.25, 0.3) is 0 Å². The molecule has 0 radical (unpaired) electrons. The van der Waals surface area contributed by atoms with E-state index in [9.17, 15) is 9.59 Å². The predicted octanol–water partition coefficient (Wildman–Crippen LogP) is 4.04. The summed E-state index contributed by atoms with van der Waals surface area (Å²) in [4.78, 5) is 26.3. The summed E-state index contributed by atoms with van der Waals surface area (Å²) in [6.45, 7) is 6.76. The van der Waals surface area contributed by atoms with Crippen molar-refractivity contribution in [3.8, 4) is 0 Å². The molecular formula is C23H29ClN2O2. The van der Waals surface area contributed by atoms with Crippen molar-refractivity contribution in [1.29, 1.82) is 0 Å². The Bertz CT molecular complexity index is 786. The first-order valence-corrected chi connectivity index (χ1v) is 9.72. The second-order valence-electron chi connectivity index (χ2n) is 7.50. The Balaban J connectivity index is 0.00000280. The SMILES string of the molecule is CC(=O)NC1CCN(CC(C)c2cccc(C(=O)c3ccccc3)c2)CC1.Cl. The Kier molecular flexibility index (Phi) is 8.21. The maximum absolute atomic E-state index is 12.7. The second-order valence-corrected chi connectivity index (χ2v) is 7.50. The minimum Gasteiger partial charge on any atom is -0.354 e. The first kappa shape index (κ1) is 22.1. The van der Waals surface area contributed by atoms with Gasteiger partial charge in [0.05, 0.1) is 0 Å². The number of ketones is 1. The number of hydrogen-bond acceptors (Lipinski definition) is 3. The molecule has 0 bridgehead atoms. The third kappa shape index (κ3) is 5.91. The number of piperidine rings is 1. The van der Waals surface area contributed by atoms with Gasteiger partial charge >= 0.3 is 0 Å². The molecule has 0 aromatic heterocycles. The van der Waals surface area contributed by atoms with Crippen molar-refractivity contribution < 1.29 is 9.59 Å². The van der Waals surface area contributed by atoms with Gasteiger partial charge in [0.1, 0.15) is 0 Å². The number of amides is 1. The van der Waals surface area contributed by atoms with Crippen LogP contribution in [-0.4, -0.2) is 42.3 Å². The van der Waals surface area contributed by atoms with Crippen molar-refractivity contribution >= 4 is 24.1 Å². The summed E-state index contributed by atoms with van der Waals surface area (Å²) in [6, 6.07) is 17.7. The number of likely N-dealkylation sites (tertiary alicyclic amines) is 1. The van der Waals surface area contributed by atoms with E-state index < -0.39 is 0 Å². The van der Waals surface area contributed by atoms with Gasteiger partial charge in [-0.1, -0.05) is 55.5 Å². The zero-order valence-corrected chi connectivity index (χ0v) is 17.4. The highest BCUT2D eigenvalue weighted by atomic mass is 35.5. The lowest BCUT2D eigenvalue weighted by Crippen LogP contribution is -2.44. The van der Waals surface area contributed by atoms with Gasteiger partial charge in [-0.2, -0.15) is 0 Å². The Morgan fingerprint density at radius 2 is 1.68 bits per heavy atom. The lowest BCUT2D eigenvalue weighted by atomic mass is 9.94. The van der Waals surface area contributed by atoms with Crippen molar-refractivity contribution in [2.45, 2.75) is 38.6 Å².